The van der Waals surface area contributed by atoms with Crippen LogP contribution in [0.15, 0.2) is 23.2 Å². The van der Waals surface area contributed by atoms with E-state index in [9.17, 15) is 8.42 Å². The number of nitrogens with one attached hydrogen (secondary N) is 1. The Morgan fingerprint density at radius 2 is 2.24 bits per heavy atom. The molecule has 6 nitrogen and oxygen atoms in total. The summed E-state index contributed by atoms with van der Waals surface area (Å²) in [4.78, 5) is 6.49. The molecule has 1 unspecified atom stereocenters. The van der Waals surface area contributed by atoms with Gasteiger partial charge in [0.15, 0.2) is 0 Å². The number of anilines is 1. The molecule has 0 aromatic carbocycles. The molecule has 1 fully saturated rings. The molecule has 0 saturated carbocycles. The predicted molar refractivity (Wildman–Crippen MR) is 83.9 cm³/mol. The molecule has 1 aromatic rings. The molecule has 1 aromatic heterocycles. The van der Waals surface area contributed by atoms with Gasteiger partial charge in [-0.15, -0.1) is 0 Å². The van der Waals surface area contributed by atoms with Crippen LogP contribution >= 0.6 is 0 Å². The Morgan fingerprint density at radius 1 is 1.48 bits per heavy atom. The first kappa shape index (κ1) is 16.2. The van der Waals surface area contributed by atoms with Crippen molar-refractivity contribution < 1.29 is 8.42 Å². The van der Waals surface area contributed by atoms with E-state index in [0.717, 1.165) is 19.4 Å². The van der Waals surface area contributed by atoms with Gasteiger partial charge in [-0.2, -0.15) is 4.31 Å². The van der Waals surface area contributed by atoms with Gasteiger partial charge in [0.2, 0.25) is 10.0 Å². The summed E-state index contributed by atoms with van der Waals surface area (Å²) in [6.07, 6.45) is 3.38. The molecular weight excluding hydrogens is 288 g/mol. The zero-order valence-corrected chi connectivity index (χ0v) is 13.7. The van der Waals surface area contributed by atoms with Crippen molar-refractivity contribution in [2.45, 2.75) is 30.7 Å². The molecule has 1 atom stereocenters. The quantitative estimate of drug-likeness (QED) is 0.856. The van der Waals surface area contributed by atoms with Gasteiger partial charge in [0.05, 0.1) is 4.90 Å². The summed E-state index contributed by atoms with van der Waals surface area (Å²) in [5.74, 6) is 0.599. The second kappa shape index (κ2) is 6.72. The highest BCUT2D eigenvalue weighted by molar-refractivity contribution is 7.89. The lowest BCUT2D eigenvalue weighted by Crippen LogP contribution is -2.41. The first-order chi connectivity index (χ1) is 9.95. The van der Waals surface area contributed by atoms with Gasteiger partial charge in [-0.05, 0) is 39.9 Å². The number of hydrogen-bond acceptors (Lipinski definition) is 5. The monoisotopic (exact) mass is 312 g/mol. The highest BCUT2D eigenvalue weighted by atomic mass is 32.2. The third-order valence-electron chi connectivity index (χ3n) is 3.59. The van der Waals surface area contributed by atoms with Crippen LogP contribution in [0.5, 0.6) is 0 Å². The molecule has 21 heavy (non-hydrogen) atoms. The minimum atomic E-state index is -3.45. The van der Waals surface area contributed by atoms with Crippen molar-refractivity contribution in [1.82, 2.24) is 14.2 Å². The molecule has 1 saturated heterocycles. The van der Waals surface area contributed by atoms with E-state index in [1.807, 2.05) is 25.9 Å². The lowest BCUT2D eigenvalue weighted by Gasteiger charge is -2.26. The molecule has 7 heteroatoms. The molecule has 0 bridgehead atoms. The molecule has 0 spiro atoms. The molecule has 118 valence electrons. The molecule has 1 N–H and O–H groups in total. The van der Waals surface area contributed by atoms with Crippen molar-refractivity contribution in [3.05, 3.63) is 18.3 Å². The number of nitrogens with zero attached hydrogens (tertiary/aromatic N) is 3. The SMILES string of the molecule is CCNc1cc(S(=O)(=O)N2CCCC2CN(C)C)ccn1. The van der Waals surface area contributed by atoms with Crippen LogP contribution in [0.2, 0.25) is 0 Å². The summed E-state index contributed by atoms with van der Waals surface area (Å²) in [5.41, 5.74) is 0. The highest BCUT2D eigenvalue weighted by Gasteiger charge is 2.35. The Hall–Kier alpha value is -1.18. The number of sulfonamides is 1. The highest BCUT2D eigenvalue weighted by Crippen LogP contribution is 2.27. The number of aromatic nitrogens is 1. The summed E-state index contributed by atoms with van der Waals surface area (Å²) >= 11 is 0. The Kier molecular flexibility index (Phi) is 5.18. The second-order valence-corrected chi connectivity index (χ2v) is 7.47. The zero-order chi connectivity index (χ0) is 15.5. The van der Waals surface area contributed by atoms with Crippen LogP contribution in [0.1, 0.15) is 19.8 Å². The molecular formula is C14H24N4O2S. The minimum Gasteiger partial charge on any atom is -0.370 e. The van der Waals surface area contributed by atoms with Gasteiger partial charge in [-0.25, -0.2) is 13.4 Å². The summed E-state index contributed by atoms with van der Waals surface area (Å²) in [6, 6.07) is 3.24. The molecule has 2 heterocycles. The number of rotatable bonds is 6. The van der Waals surface area contributed by atoms with Crippen LogP contribution in [-0.4, -0.2) is 62.4 Å². The van der Waals surface area contributed by atoms with Crippen molar-refractivity contribution >= 4 is 15.8 Å². The molecule has 0 radical (unpaired) electrons. The van der Waals surface area contributed by atoms with Gasteiger partial charge in [-0.3, -0.25) is 0 Å². The van der Waals surface area contributed by atoms with E-state index in [1.54, 1.807) is 22.6 Å². The fraction of sp³-hybridized carbons (Fsp3) is 0.643. The van der Waals surface area contributed by atoms with E-state index in [0.29, 0.717) is 23.8 Å². The van der Waals surface area contributed by atoms with Crippen LogP contribution < -0.4 is 5.32 Å². The number of likely N-dealkylation sites (N-methyl/N-ethyl adjacent to an activating group) is 1. The summed E-state index contributed by atoms with van der Waals surface area (Å²) < 4.78 is 27.3. The average Bonchev–Trinajstić information content (AvgIpc) is 2.87. The van der Waals surface area contributed by atoms with Crippen LogP contribution in [-0.2, 0) is 10.0 Å². The molecule has 0 aliphatic carbocycles. The molecule has 1 aliphatic rings. The van der Waals surface area contributed by atoms with Crippen molar-refractivity contribution in [3.63, 3.8) is 0 Å². The topological polar surface area (TPSA) is 65.5 Å². The standard InChI is InChI=1S/C14H24N4O2S/c1-4-15-14-10-13(7-8-16-14)21(19,20)18-9-5-6-12(18)11-17(2)3/h7-8,10,12H,4-6,9,11H2,1-3H3,(H,15,16). The van der Waals surface area contributed by atoms with Crippen molar-refractivity contribution in [1.29, 1.82) is 0 Å². The smallest absolute Gasteiger partial charge is 0.243 e. The van der Waals surface area contributed by atoms with Gasteiger partial charge in [0, 0.05) is 37.9 Å². The maximum Gasteiger partial charge on any atom is 0.243 e. The van der Waals surface area contributed by atoms with E-state index in [2.05, 4.69) is 10.3 Å². The number of hydrogen-bond donors (Lipinski definition) is 1. The largest absolute Gasteiger partial charge is 0.370 e. The zero-order valence-electron chi connectivity index (χ0n) is 12.9. The Morgan fingerprint density at radius 3 is 2.90 bits per heavy atom. The maximum absolute atomic E-state index is 12.8. The van der Waals surface area contributed by atoms with Crippen LogP contribution in [0.4, 0.5) is 5.82 Å². The van der Waals surface area contributed by atoms with Gasteiger partial charge in [0.1, 0.15) is 5.82 Å². The average molecular weight is 312 g/mol. The Balaban J connectivity index is 2.26. The lowest BCUT2D eigenvalue weighted by molar-refractivity contribution is 0.291. The van der Waals surface area contributed by atoms with Crippen molar-refractivity contribution in [3.8, 4) is 0 Å². The molecule has 1 aliphatic heterocycles. The molecule has 2 rings (SSSR count). The van der Waals surface area contributed by atoms with Crippen LogP contribution in [0.3, 0.4) is 0 Å². The lowest BCUT2D eigenvalue weighted by atomic mass is 10.2. The fourth-order valence-corrected chi connectivity index (χ4v) is 4.41. The summed E-state index contributed by atoms with van der Waals surface area (Å²) in [6.45, 7) is 4.02. The van der Waals surface area contributed by atoms with Gasteiger partial charge in [0.25, 0.3) is 0 Å². The van der Waals surface area contributed by atoms with Gasteiger partial charge >= 0.3 is 0 Å². The third kappa shape index (κ3) is 3.72. The number of pyridine rings is 1. The third-order valence-corrected chi connectivity index (χ3v) is 5.54. The van der Waals surface area contributed by atoms with Gasteiger partial charge in [-0.1, -0.05) is 0 Å². The van der Waals surface area contributed by atoms with Crippen LogP contribution in [0, 0.1) is 0 Å². The minimum absolute atomic E-state index is 0.0562. The van der Waals surface area contributed by atoms with E-state index in [4.69, 9.17) is 0 Å². The van der Waals surface area contributed by atoms with Crippen molar-refractivity contribution in [2.75, 3.05) is 39.0 Å². The van der Waals surface area contributed by atoms with E-state index in [1.165, 1.54) is 0 Å². The second-order valence-electron chi connectivity index (χ2n) is 5.58. The van der Waals surface area contributed by atoms with Gasteiger partial charge < -0.3 is 10.2 Å². The van der Waals surface area contributed by atoms with Crippen LogP contribution in [0.25, 0.3) is 0 Å². The predicted octanol–water partition coefficient (Wildman–Crippen LogP) is 1.23. The first-order valence-corrected chi connectivity index (χ1v) is 8.75. The molecule has 0 amide bonds. The van der Waals surface area contributed by atoms with E-state index >= 15 is 0 Å². The first-order valence-electron chi connectivity index (χ1n) is 7.31. The fourth-order valence-electron chi connectivity index (χ4n) is 2.71. The summed E-state index contributed by atoms with van der Waals surface area (Å²) in [7, 11) is 0.494. The van der Waals surface area contributed by atoms with E-state index in [-0.39, 0.29) is 6.04 Å². The Bertz CT molecular complexity index is 574. The van der Waals surface area contributed by atoms with E-state index < -0.39 is 10.0 Å². The maximum atomic E-state index is 12.8. The normalized spacial score (nSPS) is 20.1. The Labute approximate surface area is 127 Å². The van der Waals surface area contributed by atoms with Crippen molar-refractivity contribution in [2.24, 2.45) is 0 Å². The summed E-state index contributed by atoms with van der Waals surface area (Å²) in [5, 5.41) is 3.05.